The highest BCUT2D eigenvalue weighted by molar-refractivity contribution is 7.78. The molecule has 1 saturated heterocycles. The van der Waals surface area contributed by atoms with Crippen LogP contribution in [0.15, 0.2) is 42.5 Å². The average molecular weight is 345 g/mol. The largest absolute Gasteiger partial charge is 0.455 e. The first-order chi connectivity index (χ1) is 11.3. The third-order valence-electron chi connectivity index (χ3n) is 4.60. The summed E-state index contributed by atoms with van der Waals surface area (Å²) in [5, 5.41) is 4.08. The second-order valence-corrected chi connectivity index (χ2v) is 6.60. The number of ether oxygens (including phenoxy) is 1. The van der Waals surface area contributed by atoms with Gasteiger partial charge in [-0.25, -0.2) is 0 Å². The van der Waals surface area contributed by atoms with Gasteiger partial charge in [0.1, 0.15) is 5.75 Å². The van der Waals surface area contributed by atoms with Crippen molar-refractivity contribution in [1.82, 2.24) is 5.32 Å². The number of hydrogen-bond donors (Lipinski definition) is 1. The van der Waals surface area contributed by atoms with Gasteiger partial charge in [-0.05, 0) is 37.1 Å². The molecule has 0 aromatic heterocycles. The molecule has 5 heteroatoms. The fourth-order valence-corrected chi connectivity index (χ4v) is 3.99. The molecule has 2 aliphatic rings. The molecule has 0 bridgehead atoms. The number of thiocarbonyl (C=S) groups is 1. The van der Waals surface area contributed by atoms with E-state index in [2.05, 4.69) is 22.3 Å². The number of hydrogen-bond acceptors (Lipinski definition) is 3. The number of fused-ring (bicyclic) bond motifs is 5. The lowest BCUT2D eigenvalue weighted by atomic mass is 9.89. The molecule has 2 heterocycles. The Morgan fingerprint density at radius 1 is 1.22 bits per heavy atom. The first kappa shape index (κ1) is 14.8. The maximum absolute atomic E-state index is 6.25. The summed E-state index contributed by atoms with van der Waals surface area (Å²) in [5.74, 6) is 1.76. The van der Waals surface area contributed by atoms with Crippen LogP contribution in [-0.4, -0.2) is 18.1 Å². The normalized spacial score (nSPS) is 22.0. The van der Waals surface area contributed by atoms with Gasteiger partial charge in [-0.3, -0.25) is 0 Å². The van der Waals surface area contributed by atoms with Crippen molar-refractivity contribution >= 4 is 35.0 Å². The van der Waals surface area contributed by atoms with E-state index in [-0.39, 0.29) is 12.1 Å². The second-order valence-electron chi connectivity index (χ2n) is 5.92. The fourth-order valence-electron chi connectivity index (χ4n) is 3.65. The molecule has 4 rings (SSSR count). The molecule has 2 aromatic rings. The summed E-state index contributed by atoms with van der Waals surface area (Å²) in [6.45, 7) is 0.977. The third-order valence-corrected chi connectivity index (χ3v) is 4.97. The Morgan fingerprint density at radius 2 is 2.09 bits per heavy atom. The first-order valence-corrected chi connectivity index (χ1v) is 8.65. The van der Waals surface area contributed by atoms with Crippen LogP contribution in [0.2, 0.25) is 5.02 Å². The van der Waals surface area contributed by atoms with Crippen molar-refractivity contribution in [2.45, 2.75) is 24.9 Å². The zero-order chi connectivity index (χ0) is 15.8. The summed E-state index contributed by atoms with van der Waals surface area (Å²) in [5.41, 5.74) is 3.87. The van der Waals surface area contributed by atoms with E-state index in [1.54, 1.807) is 5.49 Å². The summed E-state index contributed by atoms with van der Waals surface area (Å²) >= 11 is 11.3. The van der Waals surface area contributed by atoms with Gasteiger partial charge < -0.3 is 15.0 Å². The van der Waals surface area contributed by atoms with Crippen LogP contribution in [-0.2, 0) is 0 Å². The van der Waals surface area contributed by atoms with Crippen LogP contribution in [0.1, 0.15) is 24.4 Å². The molecule has 0 radical (unpaired) electrons. The molecule has 1 N–H and O–H groups in total. The molecule has 2 atom stereocenters. The Kier molecular flexibility index (Phi) is 3.87. The lowest BCUT2D eigenvalue weighted by molar-refractivity contribution is 0.385. The summed E-state index contributed by atoms with van der Waals surface area (Å²) in [7, 11) is 0. The van der Waals surface area contributed by atoms with Gasteiger partial charge in [0.25, 0.3) is 0 Å². The Morgan fingerprint density at radius 3 is 2.96 bits per heavy atom. The van der Waals surface area contributed by atoms with E-state index >= 15 is 0 Å². The maximum Gasteiger partial charge on any atom is 0.150 e. The summed E-state index contributed by atoms with van der Waals surface area (Å²) in [6.07, 6.45) is 2.18. The monoisotopic (exact) mass is 344 g/mol. The number of para-hydroxylation sites is 1. The van der Waals surface area contributed by atoms with Gasteiger partial charge in [-0.1, -0.05) is 42.0 Å². The highest BCUT2D eigenvalue weighted by Crippen LogP contribution is 2.48. The fraction of sp³-hybridized carbons (Fsp3) is 0.278. The summed E-state index contributed by atoms with van der Waals surface area (Å²) in [4.78, 5) is 2.40. The molecule has 0 spiro atoms. The summed E-state index contributed by atoms with van der Waals surface area (Å²) < 4.78 is 6.21. The zero-order valence-corrected chi connectivity index (χ0v) is 14.1. The lowest BCUT2D eigenvalue weighted by Crippen LogP contribution is -2.47. The first-order valence-electron chi connectivity index (χ1n) is 7.80. The predicted molar refractivity (Wildman–Crippen MR) is 97.9 cm³/mol. The highest BCUT2D eigenvalue weighted by Gasteiger charge is 2.37. The minimum Gasteiger partial charge on any atom is -0.455 e. The predicted octanol–water partition coefficient (Wildman–Crippen LogP) is 4.70. The van der Waals surface area contributed by atoms with Gasteiger partial charge >= 0.3 is 0 Å². The molecule has 118 valence electrons. The molecule has 3 nitrogen and oxygen atoms in total. The van der Waals surface area contributed by atoms with Crippen LogP contribution in [0, 0.1) is 0 Å². The van der Waals surface area contributed by atoms with Gasteiger partial charge in [0.05, 0.1) is 23.3 Å². The minimum absolute atomic E-state index is 0.180. The van der Waals surface area contributed by atoms with Crippen molar-refractivity contribution in [1.29, 1.82) is 0 Å². The topological polar surface area (TPSA) is 24.5 Å². The number of nitrogens with zero attached hydrogens (tertiary/aromatic N) is 1. The molecule has 0 amide bonds. The molecular weight excluding hydrogens is 328 g/mol. The average Bonchev–Trinajstić information content (AvgIpc) is 2.70. The number of halogens is 1. The standard InChI is InChI=1S/C18H17ClN2OS/c19-12-7-8-17-15(10-12)21-9-3-5-14(20-11-23)18(21)13-4-1-2-6-16(13)22-17/h1-2,4,6-8,10-11,14,18H,3,5,9H2,(H,20,23)/t14-,18+/m1/s1. The highest BCUT2D eigenvalue weighted by atomic mass is 35.5. The Labute approximate surface area is 146 Å². The Hall–Kier alpha value is -1.78. The lowest BCUT2D eigenvalue weighted by Gasteiger charge is -2.42. The van der Waals surface area contributed by atoms with Gasteiger partial charge in [0, 0.05) is 17.1 Å². The molecule has 2 aliphatic heterocycles. The number of nitrogens with one attached hydrogen (secondary N) is 1. The number of rotatable bonds is 2. The SMILES string of the molecule is S=CN[C@@H]1CCCN2c3cc(Cl)ccc3Oc3ccccc3[C@@H]12. The van der Waals surface area contributed by atoms with E-state index in [4.69, 9.17) is 28.6 Å². The van der Waals surface area contributed by atoms with Gasteiger partial charge in [-0.15, -0.1) is 0 Å². The van der Waals surface area contributed by atoms with Crippen molar-refractivity contribution in [3.63, 3.8) is 0 Å². The van der Waals surface area contributed by atoms with Crippen molar-refractivity contribution in [2.24, 2.45) is 0 Å². The van der Waals surface area contributed by atoms with Crippen LogP contribution in [0.25, 0.3) is 0 Å². The van der Waals surface area contributed by atoms with E-state index in [0.29, 0.717) is 0 Å². The van der Waals surface area contributed by atoms with Crippen molar-refractivity contribution in [3.8, 4) is 11.5 Å². The molecule has 0 saturated carbocycles. The van der Waals surface area contributed by atoms with E-state index in [1.807, 2.05) is 30.3 Å². The zero-order valence-electron chi connectivity index (χ0n) is 12.5. The van der Waals surface area contributed by atoms with Crippen molar-refractivity contribution in [3.05, 3.63) is 53.1 Å². The number of benzene rings is 2. The van der Waals surface area contributed by atoms with Crippen LogP contribution in [0.3, 0.4) is 0 Å². The van der Waals surface area contributed by atoms with Gasteiger partial charge in [0.2, 0.25) is 0 Å². The van der Waals surface area contributed by atoms with Crippen LogP contribution >= 0.6 is 23.8 Å². The maximum atomic E-state index is 6.25. The van der Waals surface area contributed by atoms with Crippen LogP contribution in [0.5, 0.6) is 11.5 Å². The molecule has 23 heavy (non-hydrogen) atoms. The second kappa shape index (κ2) is 6.02. The molecule has 0 unspecified atom stereocenters. The molecular formula is C18H17ClN2OS. The van der Waals surface area contributed by atoms with E-state index in [0.717, 1.165) is 41.6 Å². The van der Waals surface area contributed by atoms with Crippen LogP contribution < -0.4 is 15.0 Å². The van der Waals surface area contributed by atoms with E-state index in [9.17, 15) is 0 Å². The van der Waals surface area contributed by atoms with Crippen LogP contribution in [0.4, 0.5) is 5.69 Å². The van der Waals surface area contributed by atoms with Crippen molar-refractivity contribution < 1.29 is 4.74 Å². The number of anilines is 1. The molecule has 2 aromatic carbocycles. The molecule has 0 aliphatic carbocycles. The summed E-state index contributed by atoms with van der Waals surface area (Å²) in [6, 6.07) is 14.5. The van der Waals surface area contributed by atoms with Gasteiger partial charge in [0.15, 0.2) is 5.75 Å². The Bertz CT molecular complexity index is 752. The smallest absolute Gasteiger partial charge is 0.150 e. The Balaban J connectivity index is 1.91. The molecule has 1 fully saturated rings. The van der Waals surface area contributed by atoms with Crippen molar-refractivity contribution in [2.75, 3.05) is 11.4 Å². The quantitative estimate of drug-likeness (QED) is 0.798. The third kappa shape index (κ3) is 2.56. The van der Waals surface area contributed by atoms with E-state index < -0.39 is 0 Å². The minimum atomic E-state index is 0.180. The number of piperidine rings is 1. The van der Waals surface area contributed by atoms with Gasteiger partial charge in [-0.2, -0.15) is 0 Å². The van der Waals surface area contributed by atoms with E-state index in [1.165, 1.54) is 5.56 Å².